The molecule has 0 saturated heterocycles. The first kappa shape index (κ1) is 9.07. The molecule has 0 fully saturated rings. The van der Waals surface area contributed by atoms with Crippen molar-refractivity contribution in [3.05, 3.63) is 29.2 Å². The summed E-state index contributed by atoms with van der Waals surface area (Å²) in [6, 6.07) is 3.97. The normalized spacial score (nSPS) is 12.1. The first-order valence-corrected chi connectivity index (χ1v) is 4.22. The Bertz CT molecular complexity index is 273. The summed E-state index contributed by atoms with van der Waals surface area (Å²) in [6.07, 6.45) is 2.91. The molecule has 0 amide bonds. The van der Waals surface area contributed by atoms with Crippen molar-refractivity contribution >= 4 is 6.08 Å². The van der Waals surface area contributed by atoms with Gasteiger partial charge in [0.25, 0.3) is 0 Å². The lowest BCUT2D eigenvalue weighted by Gasteiger charge is -1.92. The number of nitrogens with two attached hydrogens (primary N) is 1. The molecule has 12 heavy (non-hydrogen) atoms. The van der Waals surface area contributed by atoms with Crippen LogP contribution in [-0.2, 0) is 6.42 Å². The van der Waals surface area contributed by atoms with Gasteiger partial charge >= 0.3 is 0 Å². The number of hydrogen-bond acceptors (Lipinski definition) is 2. The van der Waals surface area contributed by atoms with Crippen molar-refractivity contribution in [2.45, 2.75) is 20.3 Å². The van der Waals surface area contributed by atoms with Crippen LogP contribution >= 0.6 is 0 Å². The summed E-state index contributed by atoms with van der Waals surface area (Å²) in [5.41, 5.74) is 6.58. The summed E-state index contributed by atoms with van der Waals surface area (Å²) in [5, 5.41) is 0. The van der Waals surface area contributed by atoms with Gasteiger partial charge in [-0.1, -0.05) is 12.5 Å². The third-order valence-electron chi connectivity index (χ3n) is 1.74. The minimum absolute atomic E-state index is 0.585. The van der Waals surface area contributed by atoms with E-state index in [4.69, 9.17) is 10.2 Å². The third-order valence-corrected chi connectivity index (χ3v) is 1.74. The minimum atomic E-state index is 0.585. The molecule has 2 heteroatoms. The topological polar surface area (TPSA) is 39.2 Å². The highest BCUT2D eigenvalue weighted by Gasteiger charge is 1.96. The monoisotopic (exact) mass is 165 g/mol. The zero-order valence-electron chi connectivity index (χ0n) is 7.63. The van der Waals surface area contributed by atoms with Crippen LogP contribution in [0.15, 0.2) is 22.1 Å². The maximum absolute atomic E-state index is 5.47. The van der Waals surface area contributed by atoms with Crippen molar-refractivity contribution in [1.29, 1.82) is 0 Å². The van der Waals surface area contributed by atoms with Crippen LogP contribution in [0.3, 0.4) is 0 Å². The van der Waals surface area contributed by atoms with Gasteiger partial charge in [-0.05, 0) is 25.1 Å². The van der Waals surface area contributed by atoms with Crippen molar-refractivity contribution < 1.29 is 4.42 Å². The lowest BCUT2D eigenvalue weighted by atomic mass is 10.2. The van der Waals surface area contributed by atoms with E-state index >= 15 is 0 Å². The summed E-state index contributed by atoms with van der Waals surface area (Å²) >= 11 is 0. The van der Waals surface area contributed by atoms with Crippen molar-refractivity contribution in [3.63, 3.8) is 0 Å². The van der Waals surface area contributed by atoms with Crippen LogP contribution in [0, 0.1) is 0 Å². The molecule has 2 nitrogen and oxygen atoms in total. The van der Waals surface area contributed by atoms with Crippen LogP contribution in [-0.4, -0.2) is 6.54 Å². The van der Waals surface area contributed by atoms with Gasteiger partial charge in [0.2, 0.25) is 0 Å². The summed E-state index contributed by atoms with van der Waals surface area (Å²) in [7, 11) is 0. The molecule has 66 valence electrons. The fourth-order valence-corrected chi connectivity index (χ4v) is 0.964. The van der Waals surface area contributed by atoms with Crippen LogP contribution in [0.5, 0.6) is 0 Å². The predicted molar refractivity (Wildman–Crippen MR) is 50.8 cm³/mol. The number of furan rings is 1. The molecule has 0 aromatic carbocycles. The quantitative estimate of drug-likeness (QED) is 0.745. The Balaban J connectivity index is 2.76. The smallest absolute Gasteiger partial charge is 0.127 e. The summed E-state index contributed by atoms with van der Waals surface area (Å²) in [6.45, 7) is 4.65. The Hall–Kier alpha value is -1.02. The summed E-state index contributed by atoms with van der Waals surface area (Å²) in [5.74, 6) is 1.92. The second-order valence-corrected chi connectivity index (χ2v) is 2.85. The highest BCUT2D eigenvalue weighted by atomic mass is 16.3. The van der Waals surface area contributed by atoms with Gasteiger partial charge in [-0.3, -0.25) is 0 Å². The Kier molecular flexibility index (Phi) is 3.11. The molecule has 0 radical (unpaired) electrons. The fraction of sp³-hybridized carbons (Fsp3) is 0.400. The van der Waals surface area contributed by atoms with Gasteiger partial charge < -0.3 is 10.2 Å². The van der Waals surface area contributed by atoms with E-state index in [9.17, 15) is 0 Å². The Labute approximate surface area is 73.1 Å². The number of hydrogen-bond donors (Lipinski definition) is 1. The van der Waals surface area contributed by atoms with Crippen molar-refractivity contribution in [2.75, 3.05) is 6.54 Å². The van der Waals surface area contributed by atoms with Crippen molar-refractivity contribution in [2.24, 2.45) is 5.73 Å². The van der Waals surface area contributed by atoms with Gasteiger partial charge in [0.05, 0.1) is 0 Å². The molecule has 2 N–H and O–H groups in total. The van der Waals surface area contributed by atoms with E-state index in [1.54, 1.807) is 0 Å². The largest absolute Gasteiger partial charge is 0.462 e. The molecule has 0 atom stereocenters. The van der Waals surface area contributed by atoms with E-state index < -0.39 is 0 Å². The minimum Gasteiger partial charge on any atom is -0.462 e. The van der Waals surface area contributed by atoms with Crippen molar-refractivity contribution in [3.8, 4) is 0 Å². The molecule has 1 heterocycles. The second kappa shape index (κ2) is 4.12. The first-order valence-electron chi connectivity index (χ1n) is 4.22. The third kappa shape index (κ3) is 2.24. The molecular formula is C10H15NO. The Morgan fingerprint density at radius 3 is 2.83 bits per heavy atom. The average molecular weight is 165 g/mol. The van der Waals surface area contributed by atoms with Gasteiger partial charge in [-0.2, -0.15) is 0 Å². The lowest BCUT2D eigenvalue weighted by molar-refractivity contribution is 0.507. The lowest BCUT2D eigenvalue weighted by Crippen LogP contribution is -1.98. The predicted octanol–water partition coefficient (Wildman–Crippen LogP) is 2.20. The molecule has 0 aliphatic carbocycles. The molecule has 1 aromatic heterocycles. The van der Waals surface area contributed by atoms with Crippen LogP contribution in [0.2, 0.25) is 0 Å². The molecule has 1 aromatic rings. The summed E-state index contributed by atoms with van der Waals surface area (Å²) < 4.78 is 5.47. The number of rotatable bonds is 3. The molecule has 0 saturated carbocycles. The molecule has 1 rings (SSSR count). The Morgan fingerprint density at radius 1 is 1.58 bits per heavy atom. The highest BCUT2D eigenvalue weighted by molar-refractivity contribution is 5.47. The van der Waals surface area contributed by atoms with Gasteiger partial charge in [-0.15, -0.1) is 0 Å². The van der Waals surface area contributed by atoms with Gasteiger partial charge in [0, 0.05) is 13.0 Å². The van der Waals surface area contributed by atoms with Gasteiger partial charge in [-0.25, -0.2) is 0 Å². The maximum atomic E-state index is 5.47. The van der Waals surface area contributed by atoms with Crippen LogP contribution < -0.4 is 5.73 Å². The van der Waals surface area contributed by atoms with Gasteiger partial charge in [0.1, 0.15) is 11.5 Å². The van der Waals surface area contributed by atoms with E-state index in [0.29, 0.717) is 6.54 Å². The van der Waals surface area contributed by atoms with E-state index in [1.165, 1.54) is 0 Å². The van der Waals surface area contributed by atoms with Crippen molar-refractivity contribution in [1.82, 2.24) is 0 Å². The zero-order chi connectivity index (χ0) is 8.97. The molecular weight excluding hydrogens is 150 g/mol. The molecule has 0 bridgehead atoms. The second-order valence-electron chi connectivity index (χ2n) is 2.85. The van der Waals surface area contributed by atoms with E-state index in [-0.39, 0.29) is 0 Å². The number of aryl methyl sites for hydroxylation is 1. The highest BCUT2D eigenvalue weighted by Crippen LogP contribution is 2.11. The van der Waals surface area contributed by atoms with Gasteiger partial charge in [0.15, 0.2) is 0 Å². The summed E-state index contributed by atoms with van der Waals surface area (Å²) in [4.78, 5) is 0. The van der Waals surface area contributed by atoms with Crippen LogP contribution in [0.25, 0.3) is 6.08 Å². The Morgan fingerprint density at radius 2 is 2.33 bits per heavy atom. The molecule has 0 spiro atoms. The SMILES string of the molecule is CCc1ccc(C=C(C)CN)o1. The fourth-order valence-electron chi connectivity index (χ4n) is 0.964. The van der Waals surface area contributed by atoms with E-state index in [2.05, 4.69) is 6.92 Å². The molecule has 0 unspecified atom stereocenters. The van der Waals surface area contributed by atoms with E-state index in [0.717, 1.165) is 23.5 Å². The standard InChI is InChI=1S/C10H15NO/c1-3-9-4-5-10(12-9)6-8(2)7-11/h4-6H,3,7,11H2,1-2H3. The van der Waals surface area contributed by atoms with Crippen LogP contribution in [0.4, 0.5) is 0 Å². The zero-order valence-corrected chi connectivity index (χ0v) is 7.63. The molecule has 0 aliphatic rings. The van der Waals surface area contributed by atoms with E-state index in [1.807, 2.05) is 25.1 Å². The van der Waals surface area contributed by atoms with Crippen LogP contribution in [0.1, 0.15) is 25.4 Å². The maximum Gasteiger partial charge on any atom is 0.127 e. The average Bonchev–Trinajstić information content (AvgIpc) is 2.52. The molecule has 0 aliphatic heterocycles. The first-order chi connectivity index (χ1) is 5.76.